The van der Waals surface area contributed by atoms with Crippen molar-refractivity contribution < 1.29 is 9.53 Å². The SMILES string of the molecule is CCC1COC(C)CN1C(=O)C1CCCC(N)C1C. The zero-order chi connectivity index (χ0) is 14.0. The minimum atomic E-state index is 0.114. The van der Waals surface area contributed by atoms with E-state index in [-0.39, 0.29) is 24.1 Å². The van der Waals surface area contributed by atoms with Gasteiger partial charge in [-0.25, -0.2) is 0 Å². The van der Waals surface area contributed by atoms with Crippen molar-refractivity contribution in [3.05, 3.63) is 0 Å². The van der Waals surface area contributed by atoms with Gasteiger partial charge in [-0.1, -0.05) is 20.3 Å². The highest BCUT2D eigenvalue weighted by Crippen LogP contribution is 2.32. The van der Waals surface area contributed by atoms with Gasteiger partial charge in [0.05, 0.1) is 18.8 Å². The number of hydrogen-bond acceptors (Lipinski definition) is 3. The van der Waals surface area contributed by atoms with Crippen molar-refractivity contribution in [2.45, 2.75) is 64.6 Å². The van der Waals surface area contributed by atoms with Crippen LogP contribution in [0.15, 0.2) is 0 Å². The molecule has 1 saturated carbocycles. The number of nitrogens with two attached hydrogens (primary N) is 1. The highest BCUT2D eigenvalue weighted by molar-refractivity contribution is 5.79. The highest BCUT2D eigenvalue weighted by Gasteiger charge is 2.38. The average molecular weight is 268 g/mol. The lowest BCUT2D eigenvalue weighted by Gasteiger charge is -2.43. The van der Waals surface area contributed by atoms with Gasteiger partial charge in [-0.3, -0.25) is 4.79 Å². The quantitative estimate of drug-likeness (QED) is 0.830. The molecule has 2 aliphatic rings. The maximum Gasteiger partial charge on any atom is 0.226 e. The van der Waals surface area contributed by atoms with Crippen molar-refractivity contribution in [2.24, 2.45) is 17.6 Å². The summed E-state index contributed by atoms with van der Waals surface area (Å²) in [5.41, 5.74) is 6.14. The van der Waals surface area contributed by atoms with Gasteiger partial charge in [0.1, 0.15) is 0 Å². The van der Waals surface area contributed by atoms with Crippen molar-refractivity contribution in [3.63, 3.8) is 0 Å². The Hall–Kier alpha value is -0.610. The van der Waals surface area contributed by atoms with Gasteiger partial charge < -0.3 is 15.4 Å². The zero-order valence-electron chi connectivity index (χ0n) is 12.5. The third-order valence-corrected chi connectivity index (χ3v) is 4.90. The van der Waals surface area contributed by atoms with Crippen LogP contribution in [0.4, 0.5) is 0 Å². The van der Waals surface area contributed by atoms with Crippen LogP contribution in [0.3, 0.4) is 0 Å². The number of nitrogens with zero attached hydrogens (tertiary/aromatic N) is 1. The lowest BCUT2D eigenvalue weighted by molar-refractivity contribution is -0.151. The summed E-state index contributed by atoms with van der Waals surface area (Å²) < 4.78 is 5.68. The molecule has 110 valence electrons. The van der Waals surface area contributed by atoms with E-state index in [0.29, 0.717) is 18.4 Å². The van der Waals surface area contributed by atoms with Crippen LogP contribution in [0.5, 0.6) is 0 Å². The Morgan fingerprint density at radius 2 is 2.11 bits per heavy atom. The van der Waals surface area contributed by atoms with Crippen LogP contribution in [0.25, 0.3) is 0 Å². The lowest BCUT2D eigenvalue weighted by atomic mass is 9.76. The van der Waals surface area contributed by atoms with Gasteiger partial charge in [-0.2, -0.15) is 0 Å². The van der Waals surface area contributed by atoms with Crippen LogP contribution in [0, 0.1) is 11.8 Å². The van der Waals surface area contributed by atoms with Crippen LogP contribution in [-0.2, 0) is 9.53 Å². The molecule has 1 saturated heterocycles. The molecule has 1 amide bonds. The monoisotopic (exact) mass is 268 g/mol. The molecule has 1 aliphatic heterocycles. The molecule has 2 N–H and O–H groups in total. The standard InChI is InChI=1S/C15H28N2O2/c1-4-12-9-19-10(2)8-17(12)15(18)13-6-5-7-14(16)11(13)3/h10-14H,4-9,16H2,1-3H3. The summed E-state index contributed by atoms with van der Waals surface area (Å²) in [5.74, 6) is 0.727. The Balaban J connectivity index is 2.07. The Bertz CT molecular complexity index is 321. The number of ether oxygens (including phenoxy) is 1. The highest BCUT2D eigenvalue weighted by atomic mass is 16.5. The smallest absolute Gasteiger partial charge is 0.226 e. The van der Waals surface area contributed by atoms with Crippen LogP contribution in [0.2, 0.25) is 0 Å². The Morgan fingerprint density at radius 3 is 2.79 bits per heavy atom. The zero-order valence-corrected chi connectivity index (χ0v) is 12.5. The Morgan fingerprint density at radius 1 is 1.37 bits per heavy atom. The Kier molecular flexibility index (Phi) is 4.85. The van der Waals surface area contributed by atoms with Crippen molar-refractivity contribution in [2.75, 3.05) is 13.2 Å². The van der Waals surface area contributed by atoms with Gasteiger partial charge in [-0.05, 0) is 32.1 Å². The molecule has 2 rings (SSSR count). The van der Waals surface area contributed by atoms with E-state index in [2.05, 4.69) is 18.7 Å². The van der Waals surface area contributed by atoms with E-state index in [1.807, 2.05) is 6.92 Å². The number of carbonyl (C=O) groups excluding carboxylic acids is 1. The van der Waals surface area contributed by atoms with E-state index in [9.17, 15) is 4.79 Å². The molecular formula is C15H28N2O2. The van der Waals surface area contributed by atoms with Crippen LogP contribution in [-0.4, -0.2) is 42.1 Å². The molecule has 0 aromatic rings. The maximum atomic E-state index is 12.8. The minimum absolute atomic E-state index is 0.114. The molecule has 1 aliphatic carbocycles. The van der Waals surface area contributed by atoms with Gasteiger partial charge in [0.25, 0.3) is 0 Å². The molecule has 5 atom stereocenters. The summed E-state index contributed by atoms with van der Waals surface area (Å²) in [4.78, 5) is 14.9. The first kappa shape index (κ1) is 14.8. The fourth-order valence-electron chi connectivity index (χ4n) is 3.41. The molecule has 1 heterocycles. The number of rotatable bonds is 2. The van der Waals surface area contributed by atoms with Crippen molar-refractivity contribution in [1.82, 2.24) is 4.90 Å². The lowest BCUT2D eigenvalue weighted by Crippen LogP contribution is -2.55. The molecule has 4 nitrogen and oxygen atoms in total. The summed E-state index contributed by atoms with van der Waals surface area (Å²) >= 11 is 0. The predicted octanol–water partition coefficient (Wildman–Crippen LogP) is 1.78. The second kappa shape index (κ2) is 6.23. The average Bonchev–Trinajstić information content (AvgIpc) is 2.41. The first-order valence-electron chi connectivity index (χ1n) is 7.72. The fraction of sp³-hybridized carbons (Fsp3) is 0.933. The summed E-state index contributed by atoms with van der Waals surface area (Å²) in [6.07, 6.45) is 4.25. The molecule has 0 aromatic carbocycles. The van der Waals surface area contributed by atoms with Crippen molar-refractivity contribution in [1.29, 1.82) is 0 Å². The first-order chi connectivity index (χ1) is 9.04. The number of hydrogen-bond donors (Lipinski definition) is 1. The second-order valence-corrected chi connectivity index (χ2v) is 6.26. The summed E-state index contributed by atoms with van der Waals surface area (Å²) in [5, 5.41) is 0. The summed E-state index contributed by atoms with van der Waals surface area (Å²) in [7, 11) is 0. The van der Waals surface area contributed by atoms with Gasteiger partial charge in [-0.15, -0.1) is 0 Å². The number of morpholine rings is 1. The molecule has 19 heavy (non-hydrogen) atoms. The van der Waals surface area contributed by atoms with E-state index in [1.165, 1.54) is 0 Å². The van der Waals surface area contributed by atoms with E-state index in [1.54, 1.807) is 0 Å². The van der Waals surface area contributed by atoms with Gasteiger partial charge in [0.15, 0.2) is 0 Å². The van der Waals surface area contributed by atoms with E-state index >= 15 is 0 Å². The summed E-state index contributed by atoms with van der Waals surface area (Å²) in [6.45, 7) is 7.71. The number of amides is 1. The normalized spacial score (nSPS) is 40.2. The van der Waals surface area contributed by atoms with E-state index in [0.717, 1.165) is 32.2 Å². The molecule has 0 aromatic heterocycles. The minimum Gasteiger partial charge on any atom is -0.375 e. The van der Waals surface area contributed by atoms with Crippen molar-refractivity contribution in [3.8, 4) is 0 Å². The molecule has 0 radical (unpaired) electrons. The topological polar surface area (TPSA) is 55.6 Å². The second-order valence-electron chi connectivity index (χ2n) is 6.26. The number of carbonyl (C=O) groups is 1. The first-order valence-corrected chi connectivity index (χ1v) is 7.72. The molecular weight excluding hydrogens is 240 g/mol. The molecule has 0 bridgehead atoms. The third-order valence-electron chi connectivity index (χ3n) is 4.90. The van der Waals surface area contributed by atoms with E-state index in [4.69, 9.17) is 10.5 Å². The van der Waals surface area contributed by atoms with Gasteiger partial charge >= 0.3 is 0 Å². The van der Waals surface area contributed by atoms with Crippen LogP contribution < -0.4 is 5.73 Å². The van der Waals surface area contributed by atoms with Gasteiger partial charge in [0.2, 0.25) is 5.91 Å². The van der Waals surface area contributed by atoms with Crippen molar-refractivity contribution >= 4 is 5.91 Å². The summed E-state index contributed by atoms with van der Waals surface area (Å²) in [6, 6.07) is 0.426. The molecule has 0 spiro atoms. The Labute approximate surface area is 116 Å². The third kappa shape index (κ3) is 3.11. The van der Waals surface area contributed by atoms with E-state index < -0.39 is 0 Å². The largest absolute Gasteiger partial charge is 0.375 e. The van der Waals surface area contributed by atoms with Crippen LogP contribution in [0.1, 0.15) is 46.5 Å². The predicted molar refractivity (Wildman–Crippen MR) is 75.7 cm³/mol. The fourth-order valence-corrected chi connectivity index (χ4v) is 3.41. The molecule has 2 fully saturated rings. The maximum absolute atomic E-state index is 12.8. The molecule has 5 unspecified atom stereocenters. The molecule has 4 heteroatoms. The van der Waals surface area contributed by atoms with Crippen LogP contribution >= 0.6 is 0 Å². The van der Waals surface area contributed by atoms with Gasteiger partial charge in [0, 0.05) is 18.5 Å².